The highest BCUT2D eigenvalue weighted by Crippen LogP contribution is 2.35. The standard InChI is InChI=1S/C24H27N3O7S2/c1-4-26(5-2)36(30,31)17-8-6-16(7-9-17)23(29)25-24-27(11-10-22(28)32-3)18-14-19-20(15-21(18)35-24)34-13-12-33-19/h6-9,14-15H,4-5,10-13H2,1-3H3. The van der Waals surface area contributed by atoms with Crippen LogP contribution in [0.25, 0.3) is 10.2 Å². The quantitative estimate of drug-likeness (QED) is 0.409. The predicted molar refractivity (Wildman–Crippen MR) is 134 cm³/mol. The van der Waals surface area contributed by atoms with Gasteiger partial charge in [-0.3, -0.25) is 9.59 Å². The number of sulfonamides is 1. The van der Waals surface area contributed by atoms with Crippen LogP contribution in [0.1, 0.15) is 30.6 Å². The molecule has 2 aromatic carbocycles. The number of ether oxygens (including phenoxy) is 3. The van der Waals surface area contributed by atoms with Crippen molar-refractivity contribution < 1.29 is 32.2 Å². The van der Waals surface area contributed by atoms with E-state index in [0.717, 1.165) is 10.2 Å². The largest absolute Gasteiger partial charge is 0.486 e. The molecule has 1 amide bonds. The highest BCUT2D eigenvalue weighted by atomic mass is 32.2. The molecule has 0 bridgehead atoms. The van der Waals surface area contributed by atoms with Crippen LogP contribution >= 0.6 is 11.3 Å². The fraction of sp³-hybridized carbons (Fsp3) is 0.375. The van der Waals surface area contributed by atoms with Gasteiger partial charge in [0.1, 0.15) is 13.2 Å². The number of carbonyl (C=O) groups is 2. The van der Waals surface area contributed by atoms with Gasteiger partial charge in [0.2, 0.25) is 10.0 Å². The van der Waals surface area contributed by atoms with Crippen LogP contribution in [-0.2, 0) is 26.1 Å². The number of rotatable bonds is 8. The first-order valence-corrected chi connectivity index (χ1v) is 13.7. The van der Waals surface area contributed by atoms with Gasteiger partial charge in [0.15, 0.2) is 16.3 Å². The Labute approximate surface area is 212 Å². The lowest BCUT2D eigenvalue weighted by Crippen LogP contribution is -2.30. The second kappa shape index (κ2) is 10.8. The van der Waals surface area contributed by atoms with Crippen molar-refractivity contribution in [2.24, 2.45) is 4.99 Å². The van der Waals surface area contributed by atoms with E-state index in [1.54, 1.807) is 18.4 Å². The van der Waals surface area contributed by atoms with Gasteiger partial charge in [0.25, 0.3) is 5.91 Å². The Kier molecular flexibility index (Phi) is 7.76. The van der Waals surface area contributed by atoms with Gasteiger partial charge in [-0.1, -0.05) is 25.2 Å². The normalized spacial score (nSPS) is 13.8. The molecule has 0 N–H and O–H groups in total. The third-order valence-electron chi connectivity index (χ3n) is 5.76. The average Bonchev–Trinajstić information content (AvgIpc) is 3.21. The predicted octanol–water partition coefficient (Wildman–Crippen LogP) is 2.81. The highest BCUT2D eigenvalue weighted by molar-refractivity contribution is 7.89. The number of fused-ring (bicyclic) bond motifs is 2. The summed E-state index contributed by atoms with van der Waals surface area (Å²) in [7, 11) is -2.31. The summed E-state index contributed by atoms with van der Waals surface area (Å²) in [5, 5.41) is 0. The van der Waals surface area contributed by atoms with Gasteiger partial charge in [0.05, 0.1) is 28.6 Å². The number of carbonyl (C=O) groups excluding carboxylic acids is 2. The van der Waals surface area contributed by atoms with Crippen LogP contribution in [0, 0.1) is 0 Å². The van der Waals surface area contributed by atoms with Crippen molar-refractivity contribution in [2.45, 2.75) is 31.7 Å². The summed E-state index contributed by atoms with van der Waals surface area (Å²) in [4.78, 5) is 29.6. The van der Waals surface area contributed by atoms with Crippen molar-refractivity contribution in [1.29, 1.82) is 0 Å². The Balaban J connectivity index is 1.72. The maximum atomic E-state index is 13.0. The lowest BCUT2D eigenvalue weighted by Gasteiger charge is -2.18. The van der Waals surface area contributed by atoms with E-state index in [-0.39, 0.29) is 29.4 Å². The molecule has 0 spiro atoms. The van der Waals surface area contributed by atoms with E-state index in [2.05, 4.69) is 4.99 Å². The Morgan fingerprint density at radius 3 is 2.33 bits per heavy atom. The number of benzene rings is 2. The molecule has 0 unspecified atom stereocenters. The van der Waals surface area contributed by atoms with E-state index in [1.807, 2.05) is 12.1 Å². The van der Waals surface area contributed by atoms with Crippen molar-refractivity contribution in [3.63, 3.8) is 0 Å². The molecule has 0 atom stereocenters. The Morgan fingerprint density at radius 2 is 1.72 bits per heavy atom. The first kappa shape index (κ1) is 25.9. The van der Waals surface area contributed by atoms with E-state index < -0.39 is 15.9 Å². The average molecular weight is 534 g/mol. The number of aromatic nitrogens is 1. The lowest BCUT2D eigenvalue weighted by molar-refractivity contribution is -0.140. The van der Waals surface area contributed by atoms with Gasteiger partial charge in [-0.15, -0.1) is 0 Å². The van der Waals surface area contributed by atoms with Gasteiger partial charge in [-0.25, -0.2) is 8.42 Å². The molecule has 36 heavy (non-hydrogen) atoms. The number of hydrogen-bond acceptors (Lipinski definition) is 8. The number of esters is 1. The van der Waals surface area contributed by atoms with Crippen molar-refractivity contribution >= 4 is 43.5 Å². The molecule has 3 aromatic rings. The third-order valence-corrected chi connectivity index (χ3v) is 8.86. The molecule has 0 aliphatic carbocycles. The molecule has 2 heterocycles. The number of aryl methyl sites for hydroxylation is 1. The summed E-state index contributed by atoms with van der Waals surface area (Å²) >= 11 is 1.28. The maximum absolute atomic E-state index is 13.0. The van der Waals surface area contributed by atoms with Gasteiger partial charge < -0.3 is 18.8 Å². The van der Waals surface area contributed by atoms with Crippen LogP contribution < -0.4 is 14.3 Å². The number of methoxy groups -OCH3 is 1. The zero-order valence-corrected chi connectivity index (χ0v) is 21.9. The van der Waals surface area contributed by atoms with Crippen molar-refractivity contribution in [3.05, 3.63) is 46.8 Å². The molecule has 1 aromatic heterocycles. The monoisotopic (exact) mass is 533 g/mol. The number of amides is 1. The van der Waals surface area contributed by atoms with Crippen LogP contribution in [0.4, 0.5) is 0 Å². The van der Waals surface area contributed by atoms with E-state index in [1.165, 1.54) is 47.0 Å². The fourth-order valence-electron chi connectivity index (χ4n) is 3.85. The molecule has 0 saturated carbocycles. The summed E-state index contributed by atoms with van der Waals surface area (Å²) in [6.07, 6.45) is 0.0933. The fourth-order valence-corrected chi connectivity index (χ4v) is 6.37. The van der Waals surface area contributed by atoms with Gasteiger partial charge in [-0.2, -0.15) is 9.30 Å². The Bertz CT molecular complexity index is 1450. The minimum atomic E-state index is -3.63. The molecule has 12 heteroatoms. The van der Waals surface area contributed by atoms with E-state index in [9.17, 15) is 18.0 Å². The molecule has 192 valence electrons. The van der Waals surface area contributed by atoms with Crippen LogP contribution in [0.3, 0.4) is 0 Å². The smallest absolute Gasteiger partial charge is 0.307 e. The molecule has 0 saturated heterocycles. The van der Waals surface area contributed by atoms with Gasteiger partial charge in [-0.05, 0) is 24.3 Å². The second-order valence-corrected chi connectivity index (χ2v) is 10.8. The van der Waals surface area contributed by atoms with Gasteiger partial charge >= 0.3 is 5.97 Å². The third kappa shape index (κ3) is 5.15. The summed E-state index contributed by atoms with van der Waals surface area (Å²) in [6, 6.07) is 9.38. The molecule has 0 fully saturated rings. The van der Waals surface area contributed by atoms with Crippen molar-refractivity contribution in [2.75, 3.05) is 33.4 Å². The second-order valence-electron chi connectivity index (χ2n) is 7.86. The van der Waals surface area contributed by atoms with Crippen LogP contribution in [0.15, 0.2) is 46.3 Å². The minimum Gasteiger partial charge on any atom is -0.486 e. The van der Waals surface area contributed by atoms with Crippen LogP contribution in [0.5, 0.6) is 11.5 Å². The van der Waals surface area contributed by atoms with Gasteiger partial charge in [0, 0.05) is 37.3 Å². The number of thiazole rings is 1. The summed E-state index contributed by atoms with van der Waals surface area (Å²) < 4.78 is 45.5. The maximum Gasteiger partial charge on any atom is 0.307 e. The van der Waals surface area contributed by atoms with E-state index in [0.29, 0.717) is 42.6 Å². The van der Waals surface area contributed by atoms with E-state index in [4.69, 9.17) is 14.2 Å². The molecule has 4 rings (SSSR count). The van der Waals surface area contributed by atoms with Crippen molar-refractivity contribution in [1.82, 2.24) is 8.87 Å². The zero-order chi connectivity index (χ0) is 25.9. The number of nitrogens with zero attached hydrogens (tertiary/aromatic N) is 3. The zero-order valence-electron chi connectivity index (χ0n) is 20.2. The molecular formula is C24H27N3O7S2. The Hall–Kier alpha value is -3.22. The van der Waals surface area contributed by atoms with E-state index >= 15 is 0 Å². The highest BCUT2D eigenvalue weighted by Gasteiger charge is 2.22. The van der Waals surface area contributed by atoms with Crippen LogP contribution in [-0.4, -0.2) is 62.6 Å². The molecule has 1 aliphatic rings. The summed E-state index contributed by atoms with van der Waals surface area (Å²) in [5.41, 5.74) is 0.997. The molecule has 1 aliphatic heterocycles. The molecule has 0 radical (unpaired) electrons. The molecular weight excluding hydrogens is 506 g/mol. The lowest BCUT2D eigenvalue weighted by atomic mass is 10.2. The van der Waals surface area contributed by atoms with Crippen LogP contribution in [0.2, 0.25) is 0 Å². The topological polar surface area (TPSA) is 117 Å². The minimum absolute atomic E-state index is 0.0933. The summed E-state index contributed by atoms with van der Waals surface area (Å²) in [6.45, 7) is 5.37. The molecule has 10 nitrogen and oxygen atoms in total. The Morgan fingerprint density at radius 1 is 1.08 bits per heavy atom. The number of hydrogen-bond donors (Lipinski definition) is 0. The first-order chi connectivity index (χ1) is 17.3. The van der Waals surface area contributed by atoms with Crippen molar-refractivity contribution in [3.8, 4) is 11.5 Å². The first-order valence-electron chi connectivity index (χ1n) is 11.5. The SMILES string of the molecule is CCN(CC)S(=O)(=O)c1ccc(C(=O)N=c2sc3cc4c(cc3n2CCC(=O)OC)OCCO4)cc1. The summed E-state index contributed by atoms with van der Waals surface area (Å²) in [5.74, 6) is 0.276.